The predicted molar refractivity (Wildman–Crippen MR) is 99.2 cm³/mol. The SMILES string of the molecule is COc1ccc([C@@H]2[C@@H](CO)OCCN2C(=O)c2sccc2C)cc1OC. The fourth-order valence-corrected chi connectivity index (χ4v) is 4.15. The molecule has 0 bridgehead atoms. The number of carbonyl (C=O) groups is 1. The molecule has 0 radical (unpaired) electrons. The van der Waals surface area contributed by atoms with Gasteiger partial charge in [-0.25, -0.2) is 0 Å². The van der Waals surface area contributed by atoms with Crippen LogP contribution in [0.3, 0.4) is 0 Å². The highest BCUT2D eigenvalue weighted by molar-refractivity contribution is 7.12. The van der Waals surface area contributed by atoms with Crippen molar-refractivity contribution in [3.63, 3.8) is 0 Å². The molecule has 0 spiro atoms. The molecule has 1 N–H and O–H groups in total. The maximum absolute atomic E-state index is 13.1. The highest BCUT2D eigenvalue weighted by Crippen LogP contribution is 2.36. The number of amides is 1. The lowest BCUT2D eigenvalue weighted by Crippen LogP contribution is -2.49. The van der Waals surface area contributed by atoms with Crippen LogP contribution in [0.25, 0.3) is 0 Å². The van der Waals surface area contributed by atoms with Gasteiger partial charge in [-0.15, -0.1) is 11.3 Å². The highest BCUT2D eigenvalue weighted by atomic mass is 32.1. The number of ether oxygens (including phenoxy) is 3. The lowest BCUT2D eigenvalue weighted by Gasteiger charge is -2.41. The number of aryl methyl sites for hydroxylation is 1. The van der Waals surface area contributed by atoms with Gasteiger partial charge in [0.25, 0.3) is 5.91 Å². The molecule has 1 aliphatic rings. The monoisotopic (exact) mass is 377 g/mol. The minimum Gasteiger partial charge on any atom is -0.493 e. The number of thiophene rings is 1. The number of aliphatic hydroxyl groups excluding tert-OH is 1. The average Bonchev–Trinajstić information content (AvgIpc) is 3.12. The van der Waals surface area contributed by atoms with E-state index in [1.54, 1.807) is 25.2 Å². The van der Waals surface area contributed by atoms with E-state index in [9.17, 15) is 9.90 Å². The normalized spacial score (nSPS) is 20.1. The second-order valence-electron chi connectivity index (χ2n) is 6.08. The van der Waals surface area contributed by atoms with Crippen molar-refractivity contribution in [2.24, 2.45) is 0 Å². The fourth-order valence-electron chi connectivity index (χ4n) is 3.27. The van der Waals surface area contributed by atoms with E-state index in [1.165, 1.54) is 11.3 Å². The molecule has 0 unspecified atom stereocenters. The topological polar surface area (TPSA) is 68.2 Å². The zero-order valence-electron chi connectivity index (χ0n) is 15.1. The highest BCUT2D eigenvalue weighted by Gasteiger charge is 2.37. The molecule has 2 atom stereocenters. The van der Waals surface area contributed by atoms with Crippen LogP contribution in [0, 0.1) is 6.92 Å². The van der Waals surface area contributed by atoms with Crippen LogP contribution in [0.1, 0.15) is 26.8 Å². The summed E-state index contributed by atoms with van der Waals surface area (Å²) in [6.07, 6.45) is -0.494. The quantitative estimate of drug-likeness (QED) is 0.868. The molecule has 140 valence electrons. The lowest BCUT2D eigenvalue weighted by molar-refractivity contribution is -0.0810. The van der Waals surface area contributed by atoms with Crippen molar-refractivity contribution in [3.05, 3.63) is 45.6 Å². The van der Waals surface area contributed by atoms with Gasteiger partial charge in [-0.05, 0) is 41.6 Å². The van der Waals surface area contributed by atoms with Gasteiger partial charge in [-0.2, -0.15) is 0 Å². The number of hydrogen-bond donors (Lipinski definition) is 1. The van der Waals surface area contributed by atoms with Crippen molar-refractivity contribution in [2.75, 3.05) is 34.0 Å². The molecule has 1 aliphatic heterocycles. The van der Waals surface area contributed by atoms with Crippen molar-refractivity contribution in [2.45, 2.75) is 19.1 Å². The lowest BCUT2D eigenvalue weighted by atomic mass is 9.97. The van der Waals surface area contributed by atoms with Crippen molar-refractivity contribution < 1.29 is 24.1 Å². The van der Waals surface area contributed by atoms with E-state index < -0.39 is 12.1 Å². The van der Waals surface area contributed by atoms with E-state index in [4.69, 9.17) is 14.2 Å². The van der Waals surface area contributed by atoms with Gasteiger partial charge in [0, 0.05) is 6.54 Å². The summed E-state index contributed by atoms with van der Waals surface area (Å²) >= 11 is 1.43. The molecule has 3 rings (SSSR count). The van der Waals surface area contributed by atoms with Gasteiger partial charge in [-0.1, -0.05) is 6.07 Å². The summed E-state index contributed by atoms with van der Waals surface area (Å²) < 4.78 is 16.4. The number of hydrogen-bond acceptors (Lipinski definition) is 6. The number of nitrogens with zero attached hydrogens (tertiary/aromatic N) is 1. The predicted octanol–water partition coefficient (Wildman–Crippen LogP) is 2.65. The van der Waals surface area contributed by atoms with Crippen molar-refractivity contribution in [1.82, 2.24) is 4.90 Å². The van der Waals surface area contributed by atoms with Gasteiger partial charge in [0.2, 0.25) is 0 Å². The molecule has 6 nitrogen and oxygen atoms in total. The first kappa shape index (κ1) is 18.7. The van der Waals surface area contributed by atoms with E-state index in [2.05, 4.69) is 0 Å². The van der Waals surface area contributed by atoms with Crippen LogP contribution in [0.4, 0.5) is 0 Å². The molecule has 1 amide bonds. The third-order valence-electron chi connectivity index (χ3n) is 4.60. The van der Waals surface area contributed by atoms with E-state index in [-0.39, 0.29) is 12.5 Å². The number of methoxy groups -OCH3 is 2. The van der Waals surface area contributed by atoms with Crippen LogP contribution in [0.15, 0.2) is 29.6 Å². The second kappa shape index (κ2) is 8.07. The van der Waals surface area contributed by atoms with Crippen LogP contribution in [-0.4, -0.2) is 56.0 Å². The number of carbonyl (C=O) groups excluding carboxylic acids is 1. The molecule has 0 saturated carbocycles. The Morgan fingerprint density at radius 2 is 2.08 bits per heavy atom. The van der Waals surface area contributed by atoms with Gasteiger partial charge in [-0.3, -0.25) is 4.79 Å². The first-order valence-electron chi connectivity index (χ1n) is 8.40. The van der Waals surface area contributed by atoms with E-state index in [1.807, 2.05) is 30.5 Å². The standard InChI is InChI=1S/C19H23NO5S/c1-12-6-9-26-18(12)19(22)20-7-8-25-16(11-21)17(20)13-4-5-14(23-2)15(10-13)24-3/h4-6,9-10,16-17,21H,7-8,11H2,1-3H3/t16-,17-/m1/s1. The largest absolute Gasteiger partial charge is 0.493 e. The molecule has 1 aromatic carbocycles. The molecule has 1 fully saturated rings. The Balaban J connectivity index is 2.01. The Hall–Kier alpha value is -2.09. The van der Waals surface area contributed by atoms with Gasteiger partial charge in [0.1, 0.15) is 6.10 Å². The minimum atomic E-state index is -0.494. The van der Waals surface area contributed by atoms with Gasteiger partial charge in [0.15, 0.2) is 11.5 Å². The summed E-state index contributed by atoms with van der Waals surface area (Å²) in [4.78, 5) is 15.6. The van der Waals surface area contributed by atoms with Crippen LogP contribution in [-0.2, 0) is 4.74 Å². The van der Waals surface area contributed by atoms with Crippen LogP contribution in [0.5, 0.6) is 11.5 Å². The number of morpholine rings is 1. The van der Waals surface area contributed by atoms with E-state index >= 15 is 0 Å². The van der Waals surface area contributed by atoms with E-state index in [0.717, 1.165) is 11.1 Å². The molecule has 7 heteroatoms. The molecule has 0 aliphatic carbocycles. The maximum Gasteiger partial charge on any atom is 0.264 e. The first-order valence-corrected chi connectivity index (χ1v) is 9.28. The molecular weight excluding hydrogens is 354 g/mol. The molecule has 1 saturated heterocycles. The number of rotatable bonds is 5. The first-order chi connectivity index (χ1) is 12.6. The molecule has 2 heterocycles. The molecule has 1 aromatic heterocycles. The fraction of sp³-hybridized carbons (Fsp3) is 0.421. The van der Waals surface area contributed by atoms with Gasteiger partial charge >= 0.3 is 0 Å². The molecule has 26 heavy (non-hydrogen) atoms. The third-order valence-corrected chi connectivity index (χ3v) is 5.60. The summed E-state index contributed by atoms with van der Waals surface area (Å²) in [5, 5.41) is 11.7. The van der Waals surface area contributed by atoms with Crippen molar-refractivity contribution in [1.29, 1.82) is 0 Å². The number of aliphatic hydroxyl groups is 1. The Kier molecular flexibility index (Phi) is 5.80. The zero-order valence-corrected chi connectivity index (χ0v) is 15.9. The molecule has 2 aromatic rings. The maximum atomic E-state index is 13.1. The Morgan fingerprint density at radius 3 is 2.69 bits per heavy atom. The zero-order chi connectivity index (χ0) is 18.7. The average molecular weight is 377 g/mol. The summed E-state index contributed by atoms with van der Waals surface area (Å²) in [7, 11) is 3.15. The summed E-state index contributed by atoms with van der Waals surface area (Å²) in [6, 6.07) is 7.05. The van der Waals surface area contributed by atoms with Crippen molar-refractivity contribution in [3.8, 4) is 11.5 Å². The smallest absolute Gasteiger partial charge is 0.264 e. The van der Waals surface area contributed by atoms with E-state index in [0.29, 0.717) is 29.5 Å². The van der Waals surface area contributed by atoms with Crippen LogP contribution in [0.2, 0.25) is 0 Å². The third kappa shape index (κ3) is 3.42. The summed E-state index contributed by atoms with van der Waals surface area (Å²) in [6.45, 7) is 2.61. The Labute approximate surface area is 156 Å². The number of benzene rings is 1. The summed E-state index contributed by atoms with van der Waals surface area (Å²) in [5.41, 5.74) is 1.79. The molecular formula is C19H23NO5S. The summed E-state index contributed by atoms with van der Waals surface area (Å²) in [5.74, 6) is 1.14. The minimum absolute atomic E-state index is 0.0426. The van der Waals surface area contributed by atoms with Gasteiger partial charge < -0.3 is 24.2 Å². The Bertz CT molecular complexity index is 775. The Morgan fingerprint density at radius 1 is 1.31 bits per heavy atom. The van der Waals surface area contributed by atoms with Crippen molar-refractivity contribution >= 4 is 17.2 Å². The van der Waals surface area contributed by atoms with Crippen LogP contribution >= 0.6 is 11.3 Å². The van der Waals surface area contributed by atoms with Crippen LogP contribution < -0.4 is 9.47 Å². The van der Waals surface area contributed by atoms with Gasteiger partial charge in [0.05, 0.1) is 38.4 Å². The second-order valence-corrected chi connectivity index (χ2v) is 7.00.